The standard InChI is InChI=1S/C20H17F6N3O5/c1-2-11-13-18(15(31)27-17(33)28-16(18)32)6-9-5-8(14(30)20(24,25)26)3-4-10(9)29(13)7-12(34-11)19(21,22)23/h3-5,11-13H,2,6-7H2,1H3,(H2,27,28,31,32,33)/t11-,12-,13+/m0/s1. The summed E-state index contributed by atoms with van der Waals surface area (Å²) in [6.07, 6.45) is -14.3. The Labute approximate surface area is 187 Å². The van der Waals surface area contributed by atoms with Crippen LogP contribution in [0.1, 0.15) is 29.3 Å². The number of rotatable bonds is 2. The van der Waals surface area contributed by atoms with Gasteiger partial charge in [0.05, 0.1) is 18.7 Å². The van der Waals surface area contributed by atoms with E-state index in [1.54, 1.807) is 0 Å². The fraction of sp³-hybridized carbons (Fsp3) is 0.500. The largest absolute Gasteiger partial charge is 0.454 e. The lowest BCUT2D eigenvalue weighted by Crippen LogP contribution is -2.76. The highest BCUT2D eigenvalue weighted by molar-refractivity contribution is 6.20. The predicted octanol–water partition coefficient (Wildman–Crippen LogP) is 2.25. The van der Waals surface area contributed by atoms with E-state index in [4.69, 9.17) is 4.74 Å². The van der Waals surface area contributed by atoms with E-state index in [0.29, 0.717) is 0 Å². The maximum atomic E-state index is 13.6. The minimum absolute atomic E-state index is 0.0304. The molecule has 2 fully saturated rings. The summed E-state index contributed by atoms with van der Waals surface area (Å²) in [7, 11) is 0. The number of ketones is 1. The average Bonchev–Trinajstić information content (AvgIpc) is 2.74. The van der Waals surface area contributed by atoms with Crippen LogP contribution in [0.15, 0.2) is 18.2 Å². The smallest absolute Gasteiger partial charge is 0.361 e. The number of barbiturate groups is 1. The molecule has 0 unspecified atom stereocenters. The number of ether oxygens (including phenoxy) is 1. The van der Waals surface area contributed by atoms with Gasteiger partial charge in [-0.25, -0.2) is 4.79 Å². The molecule has 1 spiro atoms. The number of Topliss-reactive ketones (excluding diaryl/α,β-unsaturated/α-hetero) is 1. The van der Waals surface area contributed by atoms with E-state index in [9.17, 15) is 45.5 Å². The van der Waals surface area contributed by atoms with Crippen LogP contribution in [0.2, 0.25) is 0 Å². The number of amides is 4. The molecule has 8 nitrogen and oxygen atoms in total. The molecule has 184 valence electrons. The number of imide groups is 2. The molecule has 0 saturated carbocycles. The number of carbonyl (C=O) groups excluding carboxylic acids is 4. The maximum Gasteiger partial charge on any atom is 0.454 e. The van der Waals surface area contributed by atoms with E-state index in [0.717, 1.165) is 23.1 Å². The predicted molar refractivity (Wildman–Crippen MR) is 101 cm³/mol. The Morgan fingerprint density at radius 1 is 1.12 bits per heavy atom. The third kappa shape index (κ3) is 3.60. The molecule has 1 aromatic rings. The van der Waals surface area contributed by atoms with Gasteiger partial charge in [-0.1, -0.05) is 6.92 Å². The van der Waals surface area contributed by atoms with Crippen molar-refractivity contribution in [2.24, 2.45) is 5.41 Å². The molecule has 14 heteroatoms. The first kappa shape index (κ1) is 24.0. The molecule has 0 aliphatic carbocycles. The second-order valence-corrected chi connectivity index (χ2v) is 8.27. The zero-order chi connectivity index (χ0) is 25.2. The second kappa shape index (κ2) is 7.68. The quantitative estimate of drug-likeness (QED) is 0.372. The fourth-order valence-corrected chi connectivity index (χ4v) is 4.86. The Morgan fingerprint density at radius 3 is 2.26 bits per heavy atom. The lowest BCUT2D eigenvalue weighted by molar-refractivity contribution is -0.245. The van der Waals surface area contributed by atoms with Crippen LogP contribution in [0, 0.1) is 5.41 Å². The van der Waals surface area contributed by atoms with Crippen molar-refractivity contribution in [3.05, 3.63) is 29.3 Å². The molecule has 0 bridgehead atoms. The van der Waals surface area contributed by atoms with E-state index < -0.39 is 78.2 Å². The molecule has 4 amide bonds. The first-order chi connectivity index (χ1) is 15.7. The lowest BCUT2D eigenvalue weighted by Gasteiger charge is -2.56. The Hall–Kier alpha value is -3.16. The van der Waals surface area contributed by atoms with E-state index >= 15 is 0 Å². The third-order valence-corrected chi connectivity index (χ3v) is 6.30. The van der Waals surface area contributed by atoms with Crippen LogP contribution in [0.25, 0.3) is 0 Å². The highest BCUT2D eigenvalue weighted by Crippen LogP contribution is 2.49. The SMILES string of the molecule is CC[C@@H]1O[C@H](C(F)(F)F)CN2c3ccc(C(=O)C(F)(F)F)cc3CC3(C(=O)NC(=O)NC3=O)[C@@H]12. The monoisotopic (exact) mass is 493 g/mol. The number of halogens is 6. The number of benzene rings is 1. The number of morpholine rings is 1. The fourth-order valence-electron chi connectivity index (χ4n) is 4.86. The third-order valence-electron chi connectivity index (χ3n) is 6.30. The molecule has 3 atom stereocenters. The van der Waals surface area contributed by atoms with Gasteiger partial charge in [0.25, 0.3) is 5.78 Å². The van der Waals surface area contributed by atoms with Gasteiger partial charge in [0, 0.05) is 11.3 Å². The summed E-state index contributed by atoms with van der Waals surface area (Å²) >= 11 is 0. The van der Waals surface area contributed by atoms with Gasteiger partial charge in [-0.2, -0.15) is 26.3 Å². The number of hydrogen-bond acceptors (Lipinski definition) is 6. The highest BCUT2D eigenvalue weighted by atomic mass is 19.4. The number of hydrogen-bond donors (Lipinski definition) is 2. The molecule has 3 heterocycles. The van der Waals surface area contributed by atoms with Gasteiger partial charge >= 0.3 is 18.4 Å². The molecular weight excluding hydrogens is 476 g/mol. The number of nitrogens with one attached hydrogen (secondary N) is 2. The topological polar surface area (TPSA) is 105 Å². The Balaban J connectivity index is 1.91. The van der Waals surface area contributed by atoms with Crippen molar-refractivity contribution in [3.63, 3.8) is 0 Å². The molecule has 2 saturated heterocycles. The maximum absolute atomic E-state index is 13.6. The molecule has 0 aromatic heterocycles. The van der Waals surface area contributed by atoms with Crippen LogP contribution in [-0.2, 0) is 20.7 Å². The van der Waals surface area contributed by atoms with Gasteiger partial charge in [-0.3, -0.25) is 25.0 Å². The van der Waals surface area contributed by atoms with Crippen LogP contribution in [0.4, 0.5) is 36.8 Å². The first-order valence-corrected chi connectivity index (χ1v) is 10.1. The lowest BCUT2D eigenvalue weighted by atomic mass is 9.66. The zero-order valence-corrected chi connectivity index (χ0v) is 17.3. The van der Waals surface area contributed by atoms with E-state index in [2.05, 4.69) is 0 Å². The van der Waals surface area contributed by atoms with Gasteiger partial charge in [0.1, 0.15) is 0 Å². The second-order valence-electron chi connectivity index (χ2n) is 8.27. The summed E-state index contributed by atoms with van der Waals surface area (Å²) in [6.45, 7) is 0.625. The Morgan fingerprint density at radius 2 is 1.74 bits per heavy atom. The average molecular weight is 493 g/mol. The summed E-state index contributed by atoms with van der Waals surface area (Å²) in [6, 6.07) is 0.244. The van der Waals surface area contributed by atoms with Crippen LogP contribution in [0.3, 0.4) is 0 Å². The van der Waals surface area contributed by atoms with Gasteiger partial charge in [-0.15, -0.1) is 0 Å². The van der Waals surface area contributed by atoms with E-state index in [1.165, 1.54) is 6.92 Å². The van der Waals surface area contributed by atoms with Gasteiger partial charge in [-0.05, 0) is 36.6 Å². The van der Waals surface area contributed by atoms with Crippen molar-refractivity contribution in [3.8, 4) is 0 Å². The molecular formula is C20H17F6N3O5. The van der Waals surface area contributed by atoms with Crippen LogP contribution >= 0.6 is 0 Å². The number of carbonyl (C=O) groups is 4. The van der Waals surface area contributed by atoms with Gasteiger partial charge in [0.2, 0.25) is 11.8 Å². The minimum Gasteiger partial charge on any atom is -0.361 e. The molecule has 4 rings (SSSR count). The van der Waals surface area contributed by atoms with Crippen molar-refractivity contribution in [2.75, 3.05) is 11.4 Å². The first-order valence-electron chi connectivity index (χ1n) is 10.1. The molecule has 3 aliphatic rings. The number of fused-ring (bicyclic) bond motifs is 4. The van der Waals surface area contributed by atoms with E-state index in [1.807, 2.05) is 10.6 Å². The Kier molecular flexibility index (Phi) is 5.42. The zero-order valence-electron chi connectivity index (χ0n) is 17.3. The van der Waals surface area contributed by atoms with Crippen molar-refractivity contribution >= 4 is 29.3 Å². The van der Waals surface area contributed by atoms with E-state index in [-0.39, 0.29) is 17.7 Å². The van der Waals surface area contributed by atoms with Crippen LogP contribution in [-0.4, -0.2) is 60.8 Å². The molecule has 34 heavy (non-hydrogen) atoms. The number of alkyl halides is 6. The highest BCUT2D eigenvalue weighted by Gasteiger charge is 2.65. The van der Waals surface area contributed by atoms with Crippen LogP contribution < -0.4 is 15.5 Å². The normalized spacial score (nSPS) is 26.5. The number of nitrogens with zero attached hydrogens (tertiary/aromatic N) is 1. The summed E-state index contributed by atoms with van der Waals surface area (Å²) < 4.78 is 84.9. The number of urea groups is 1. The summed E-state index contributed by atoms with van der Waals surface area (Å²) in [4.78, 5) is 50.6. The summed E-state index contributed by atoms with van der Waals surface area (Å²) in [5.74, 6) is -4.44. The molecule has 0 radical (unpaired) electrons. The Bertz CT molecular complexity index is 1070. The summed E-state index contributed by atoms with van der Waals surface area (Å²) in [5, 5.41) is 3.84. The van der Waals surface area contributed by atoms with Crippen molar-refractivity contribution in [2.45, 2.75) is 50.4 Å². The van der Waals surface area contributed by atoms with Crippen molar-refractivity contribution in [1.29, 1.82) is 0 Å². The minimum atomic E-state index is -5.22. The number of anilines is 1. The van der Waals surface area contributed by atoms with Crippen molar-refractivity contribution in [1.82, 2.24) is 10.6 Å². The van der Waals surface area contributed by atoms with Gasteiger partial charge < -0.3 is 9.64 Å². The van der Waals surface area contributed by atoms with Gasteiger partial charge in [0.15, 0.2) is 11.5 Å². The summed E-state index contributed by atoms with van der Waals surface area (Å²) in [5.41, 5.74) is -3.09. The molecule has 3 aliphatic heterocycles. The molecule has 1 aromatic carbocycles. The molecule has 2 N–H and O–H groups in total. The van der Waals surface area contributed by atoms with Crippen molar-refractivity contribution < 1.29 is 50.3 Å². The van der Waals surface area contributed by atoms with Crippen LogP contribution in [0.5, 0.6) is 0 Å².